The molecule has 2 aliphatic rings. The maximum Gasteiger partial charge on any atom is 0.175 e. The van der Waals surface area contributed by atoms with Crippen LogP contribution in [0.5, 0.6) is 0 Å². The summed E-state index contributed by atoms with van der Waals surface area (Å²) in [5.74, 6) is 0.640. The number of hydrogen-bond acceptors (Lipinski definition) is 4. The van der Waals surface area contributed by atoms with E-state index in [4.69, 9.17) is 0 Å². The summed E-state index contributed by atoms with van der Waals surface area (Å²) in [5.41, 5.74) is 2.52. The van der Waals surface area contributed by atoms with Gasteiger partial charge in [-0.1, -0.05) is 12.8 Å². The molecule has 1 fully saturated rings. The molecule has 82 valence electrons. The second kappa shape index (κ2) is 3.43. The Morgan fingerprint density at radius 3 is 3.07 bits per heavy atom. The van der Waals surface area contributed by atoms with Crippen LogP contribution in [0.15, 0.2) is 5.16 Å². The zero-order valence-corrected chi connectivity index (χ0v) is 10.5. The molecule has 2 unspecified atom stereocenters. The lowest BCUT2D eigenvalue weighted by Gasteiger charge is -2.40. The van der Waals surface area contributed by atoms with Gasteiger partial charge in [0.1, 0.15) is 0 Å². The Bertz CT molecular complexity index is 402. The van der Waals surface area contributed by atoms with Crippen LogP contribution in [0.1, 0.15) is 30.1 Å². The van der Waals surface area contributed by atoms with Crippen molar-refractivity contribution in [1.29, 1.82) is 0 Å². The van der Waals surface area contributed by atoms with Crippen LogP contribution in [0.25, 0.3) is 0 Å². The van der Waals surface area contributed by atoms with E-state index in [0.29, 0.717) is 12.0 Å². The molecule has 1 aliphatic carbocycles. The average Bonchev–Trinajstić information content (AvgIpc) is 2.49. The molecular weight excluding hydrogens is 226 g/mol. The molecule has 0 N–H and O–H groups in total. The molecule has 15 heavy (non-hydrogen) atoms. The van der Waals surface area contributed by atoms with E-state index in [1.54, 1.807) is 0 Å². The van der Waals surface area contributed by atoms with E-state index in [0.717, 1.165) is 11.6 Å². The van der Waals surface area contributed by atoms with Gasteiger partial charge in [-0.05, 0) is 26.4 Å². The minimum Gasteiger partial charge on any atom is -0.303 e. The van der Waals surface area contributed by atoms with Crippen molar-refractivity contribution in [3.05, 3.63) is 11.4 Å². The van der Waals surface area contributed by atoms with Crippen molar-refractivity contribution in [2.24, 2.45) is 0 Å². The first-order valence-electron chi connectivity index (χ1n) is 5.36. The zero-order chi connectivity index (χ0) is 10.6. The van der Waals surface area contributed by atoms with Crippen molar-refractivity contribution in [2.45, 2.75) is 36.4 Å². The van der Waals surface area contributed by atoms with Gasteiger partial charge in [0.25, 0.3) is 0 Å². The van der Waals surface area contributed by atoms with Gasteiger partial charge in [-0.15, -0.1) is 12.6 Å². The van der Waals surface area contributed by atoms with Crippen LogP contribution in [-0.4, -0.2) is 33.5 Å². The zero-order valence-electron chi connectivity index (χ0n) is 8.72. The van der Waals surface area contributed by atoms with Crippen molar-refractivity contribution in [2.75, 3.05) is 13.6 Å². The van der Waals surface area contributed by atoms with Crippen molar-refractivity contribution in [3.8, 4) is 0 Å². The summed E-state index contributed by atoms with van der Waals surface area (Å²) in [6, 6.07) is 0.673. The third-order valence-corrected chi connectivity index (χ3v) is 4.64. The highest BCUT2D eigenvalue weighted by molar-refractivity contribution is 7.82. The number of piperidine rings is 1. The van der Waals surface area contributed by atoms with E-state index in [-0.39, 0.29) is 0 Å². The molecule has 5 heteroatoms. The van der Waals surface area contributed by atoms with Crippen molar-refractivity contribution in [1.82, 2.24) is 13.9 Å². The second-order valence-electron chi connectivity index (χ2n) is 4.62. The Balaban J connectivity index is 2.07. The number of thiol groups is 2. The summed E-state index contributed by atoms with van der Waals surface area (Å²) in [4.78, 5) is 6.95. The van der Waals surface area contributed by atoms with Crippen molar-refractivity contribution < 1.29 is 0 Å². The lowest BCUT2D eigenvalue weighted by atomic mass is 9.80. The minimum atomic E-state index is 0.640. The first-order valence-corrected chi connectivity index (χ1v) is 6.21. The van der Waals surface area contributed by atoms with E-state index in [1.165, 1.54) is 30.8 Å². The molecule has 2 atom stereocenters. The van der Waals surface area contributed by atoms with Crippen molar-refractivity contribution in [3.63, 3.8) is 0 Å². The van der Waals surface area contributed by atoms with Crippen LogP contribution >= 0.6 is 25.4 Å². The van der Waals surface area contributed by atoms with Crippen LogP contribution in [0.2, 0.25) is 0 Å². The first kappa shape index (κ1) is 10.1. The molecule has 0 radical (unpaired) electrons. The summed E-state index contributed by atoms with van der Waals surface area (Å²) < 4.78 is 1.87. The van der Waals surface area contributed by atoms with E-state index < -0.39 is 0 Å². The molecule has 0 amide bonds. The monoisotopic (exact) mass is 241 g/mol. The molecule has 1 aromatic heterocycles. The quantitative estimate of drug-likeness (QED) is 0.673. The van der Waals surface area contributed by atoms with Gasteiger partial charge < -0.3 is 4.90 Å². The normalized spacial score (nSPS) is 30.3. The number of aromatic nitrogens is 2. The molecule has 0 saturated carbocycles. The van der Waals surface area contributed by atoms with E-state index >= 15 is 0 Å². The third-order valence-electron chi connectivity index (χ3n) is 3.77. The SMILES string of the molecule is CN1CCC2CC1Cc1nc(S)n(S)c12. The summed E-state index contributed by atoms with van der Waals surface area (Å²) in [6.45, 7) is 1.19. The average molecular weight is 241 g/mol. The Morgan fingerprint density at radius 1 is 1.47 bits per heavy atom. The Labute approximate surface area is 101 Å². The lowest BCUT2D eigenvalue weighted by molar-refractivity contribution is 0.154. The maximum atomic E-state index is 4.49. The van der Waals surface area contributed by atoms with Crippen LogP contribution in [-0.2, 0) is 6.42 Å². The maximum absolute atomic E-state index is 4.49. The molecule has 0 spiro atoms. The first-order chi connectivity index (χ1) is 7.16. The Kier molecular flexibility index (Phi) is 2.30. The molecule has 2 heterocycles. The smallest absolute Gasteiger partial charge is 0.175 e. The van der Waals surface area contributed by atoms with Crippen LogP contribution in [0.3, 0.4) is 0 Å². The van der Waals surface area contributed by atoms with Gasteiger partial charge in [-0.3, -0.25) is 3.97 Å². The third kappa shape index (κ3) is 1.44. The van der Waals surface area contributed by atoms with Crippen LogP contribution < -0.4 is 0 Å². The Morgan fingerprint density at radius 2 is 2.27 bits per heavy atom. The second-order valence-corrected chi connectivity index (χ2v) is 5.42. The largest absolute Gasteiger partial charge is 0.303 e. The lowest BCUT2D eigenvalue weighted by Crippen LogP contribution is -2.43. The fraction of sp³-hybridized carbons (Fsp3) is 0.700. The van der Waals surface area contributed by atoms with E-state index in [1.807, 2.05) is 3.97 Å². The number of rotatable bonds is 0. The minimum absolute atomic E-state index is 0.640. The predicted molar refractivity (Wildman–Crippen MR) is 66.0 cm³/mol. The van der Waals surface area contributed by atoms with Gasteiger partial charge in [0.2, 0.25) is 0 Å². The molecule has 1 aliphatic heterocycles. The van der Waals surface area contributed by atoms with Gasteiger partial charge in [0.15, 0.2) is 5.16 Å². The number of fused-ring (bicyclic) bond motifs is 4. The van der Waals surface area contributed by atoms with Crippen LogP contribution in [0.4, 0.5) is 0 Å². The summed E-state index contributed by atoms with van der Waals surface area (Å²) in [6.07, 6.45) is 3.53. The molecular formula is C10H15N3S2. The number of likely N-dealkylation sites (N-methyl/N-ethyl adjacent to an activating group) is 1. The molecule has 3 nitrogen and oxygen atoms in total. The van der Waals surface area contributed by atoms with Gasteiger partial charge in [-0.2, -0.15) is 0 Å². The highest BCUT2D eigenvalue weighted by Crippen LogP contribution is 2.40. The Hall–Kier alpha value is -0.130. The summed E-state index contributed by atoms with van der Waals surface area (Å²) in [5, 5.41) is 0.735. The predicted octanol–water partition coefficient (Wildman–Crippen LogP) is 1.60. The van der Waals surface area contributed by atoms with Gasteiger partial charge in [-0.25, -0.2) is 4.98 Å². The van der Waals surface area contributed by atoms with E-state index in [2.05, 4.69) is 42.4 Å². The van der Waals surface area contributed by atoms with Crippen LogP contribution in [0, 0.1) is 0 Å². The summed E-state index contributed by atoms with van der Waals surface area (Å²) >= 11 is 8.79. The van der Waals surface area contributed by atoms with Crippen molar-refractivity contribution >= 4 is 25.4 Å². The number of nitrogens with zero attached hydrogens (tertiary/aromatic N) is 3. The van der Waals surface area contributed by atoms with Gasteiger partial charge in [0, 0.05) is 18.4 Å². The number of hydrogen-bond donors (Lipinski definition) is 2. The fourth-order valence-electron chi connectivity index (χ4n) is 2.89. The molecule has 0 aromatic carbocycles. The van der Waals surface area contributed by atoms with Gasteiger partial charge in [0.05, 0.1) is 11.4 Å². The highest BCUT2D eigenvalue weighted by atomic mass is 32.1. The topological polar surface area (TPSA) is 21.1 Å². The summed E-state index contributed by atoms with van der Waals surface area (Å²) in [7, 11) is 2.21. The fourth-order valence-corrected chi connectivity index (χ4v) is 3.44. The van der Waals surface area contributed by atoms with Gasteiger partial charge >= 0.3 is 0 Å². The van der Waals surface area contributed by atoms with E-state index in [9.17, 15) is 0 Å². The molecule has 1 saturated heterocycles. The standard InChI is InChI=1S/C10H15N3S2/c1-12-3-2-6-4-7(12)5-8-9(6)13(15)10(14)11-8/h6-7,15H,2-5H2,1H3,(H,11,14). The molecule has 3 rings (SSSR count). The molecule has 1 aromatic rings. The number of likely N-dealkylation sites (tertiary alicyclic amines) is 1. The highest BCUT2D eigenvalue weighted by Gasteiger charge is 2.36. The number of imidazole rings is 1. The molecule has 2 bridgehead atoms.